The van der Waals surface area contributed by atoms with Gasteiger partial charge in [-0.3, -0.25) is 14.3 Å². The molecule has 3 rings (SSSR count). The first-order valence-electron chi connectivity index (χ1n) is 7.52. The number of nitrogens with zero attached hydrogens (tertiary/aromatic N) is 2. The first-order valence-corrected chi connectivity index (χ1v) is 7.52. The van der Waals surface area contributed by atoms with Crippen molar-refractivity contribution in [1.82, 2.24) is 15.1 Å². The zero-order valence-corrected chi connectivity index (χ0v) is 12.7. The van der Waals surface area contributed by atoms with Gasteiger partial charge in [-0.05, 0) is 25.3 Å². The lowest BCUT2D eigenvalue weighted by atomic mass is 10.1. The summed E-state index contributed by atoms with van der Waals surface area (Å²) in [6.07, 6.45) is 2.04. The molecule has 1 atom stereocenters. The van der Waals surface area contributed by atoms with Crippen LogP contribution in [-0.4, -0.2) is 27.5 Å². The summed E-state index contributed by atoms with van der Waals surface area (Å²) in [7, 11) is 0. The lowest BCUT2D eigenvalue weighted by molar-refractivity contribution is 0.0938. The Morgan fingerprint density at radius 2 is 1.95 bits per heavy atom. The molecule has 1 aliphatic carbocycles. The minimum atomic E-state index is -0.162. The Balaban J connectivity index is 1.97. The molecular formula is C17H19N3O2. The summed E-state index contributed by atoms with van der Waals surface area (Å²) in [6.45, 7) is 3.43. The number of Topliss-reactive ketones (excluding diaryl/α,β-unsaturated/α-hetero) is 1. The summed E-state index contributed by atoms with van der Waals surface area (Å²) >= 11 is 0. The van der Waals surface area contributed by atoms with Crippen LogP contribution in [0.5, 0.6) is 0 Å². The molecule has 22 heavy (non-hydrogen) atoms. The predicted octanol–water partition coefficient (Wildman–Crippen LogP) is 2.59. The van der Waals surface area contributed by atoms with Gasteiger partial charge in [0.2, 0.25) is 0 Å². The minimum absolute atomic E-state index is 0.116. The van der Waals surface area contributed by atoms with Gasteiger partial charge in [-0.25, -0.2) is 0 Å². The van der Waals surface area contributed by atoms with Crippen molar-refractivity contribution < 1.29 is 9.59 Å². The van der Waals surface area contributed by atoms with E-state index in [1.807, 2.05) is 37.3 Å². The number of aromatic nitrogens is 2. The van der Waals surface area contributed by atoms with Gasteiger partial charge in [-0.2, -0.15) is 5.10 Å². The maximum absolute atomic E-state index is 12.4. The van der Waals surface area contributed by atoms with Gasteiger partial charge < -0.3 is 5.32 Å². The summed E-state index contributed by atoms with van der Waals surface area (Å²) in [5, 5.41) is 7.30. The lowest BCUT2D eigenvalue weighted by Gasteiger charge is -2.15. The maximum Gasteiger partial charge on any atom is 0.269 e. The molecule has 0 spiro atoms. The zero-order valence-electron chi connectivity index (χ0n) is 12.7. The summed E-state index contributed by atoms with van der Waals surface area (Å²) in [4.78, 5) is 24.0. The van der Waals surface area contributed by atoms with Crippen molar-refractivity contribution in [2.24, 2.45) is 0 Å². The number of hydrogen-bond donors (Lipinski definition) is 1. The molecule has 1 heterocycles. The van der Waals surface area contributed by atoms with Crippen LogP contribution < -0.4 is 5.32 Å². The van der Waals surface area contributed by atoms with E-state index in [1.54, 1.807) is 10.7 Å². The van der Waals surface area contributed by atoms with Crippen LogP contribution in [0.4, 0.5) is 0 Å². The van der Waals surface area contributed by atoms with Crippen LogP contribution in [0, 0.1) is 0 Å². The molecule has 1 amide bonds. The highest BCUT2D eigenvalue weighted by molar-refractivity contribution is 5.98. The summed E-state index contributed by atoms with van der Waals surface area (Å²) < 4.78 is 1.64. The number of hydrogen-bond acceptors (Lipinski definition) is 3. The van der Waals surface area contributed by atoms with Gasteiger partial charge in [0.05, 0.1) is 6.04 Å². The molecule has 1 N–H and O–H groups in total. The molecule has 0 bridgehead atoms. The number of carbonyl (C=O) groups excluding carboxylic acids is 2. The molecule has 0 saturated heterocycles. The molecule has 1 aliphatic rings. The Bertz CT molecular complexity index is 702. The van der Waals surface area contributed by atoms with E-state index in [2.05, 4.69) is 10.4 Å². The highest BCUT2D eigenvalue weighted by Gasteiger charge is 2.27. The topological polar surface area (TPSA) is 64.0 Å². The third kappa shape index (κ3) is 2.93. The molecule has 2 aromatic rings. The predicted molar refractivity (Wildman–Crippen MR) is 83.0 cm³/mol. The van der Waals surface area contributed by atoms with Gasteiger partial charge in [0.1, 0.15) is 11.4 Å². The standard InChI is InChI=1S/C17H19N3O2/c1-11(13-6-4-3-5-7-13)20-16(10-15(19-20)12(2)21)17(22)18-14-8-9-14/h3-7,10-11,14H,8-9H2,1-2H3,(H,18,22). The fourth-order valence-corrected chi connectivity index (χ4v) is 2.39. The van der Waals surface area contributed by atoms with Crippen LogP contribution in [0.25, 0.3) is 0 Å². The largest absolute Gasteiger partial charge is 0.348 e. The number of carbonyl (C=O) groups is 2. The first kappa shape index (κ1) is 14.5. The summed E-state index contributed by atoms with van der Waals surface area (Å²) in [5.41, 5.74) is 1.80. The Morgan fingerprint density at radius 1 is 1.27 bits per heavy atom. The van der Waals surface area contributed by atoms with Crippen molar-refractivity contribution in [3.63, 3.8) is 0 Å². The van der Waals surface area contributed by atoms with E-state index < -0.39 is 0 Å². The quantitative estimate of drug-likeness (QED) is 0.863. The van der Waals surface area contributed by atoms with Gasteiger partial charge in [0.15, 0.2) is 5.78 Å². The average molecular weight is 297 g/mol. The van der Waals surface area contributed by atoms with Crippen molar-refractivity contribution in [2.45, 2.75) is 38.8 Å². The van der Waals surface area contributed by atoms with Crippen molar-refractivity contribution >= 4 is 11.7 Å². The zero-order chi connectivity index (χ0) is 15.7. The molecule has 5 heteroatoms. The van der Waals surface area contributed by atoms with Crippen molar-refractivity contribution in [3.05, 3.63) is 53.3 Å². The van der Waals surface area contributed by atoms with Crippen molar-refractivity contribution in [2.75, 3.05) is 0 Å². The third-order valence-corrected chi connectivity index (χ3v) is 3.89. The SMILES string of the molecule is CC(=O)c1cc(C(=O)NC2CC2)n(C(C)c2ccccc2)n1. The van der Waals surface area contributed by atoms with Gasteiger partial charge in [0, 0.05) is 19.0 Å². The highest BCUT2D eigenvalue weighted by Crippen LogP contribution is 2.22. The van der Waals surface area contributed by atoms with E-state index in [1.165, 1.54) is 6.92 Å². The normalized spacial score (nSPS) is 15.4. The summed E-state index contributed by atoms with van der Waals surface area (Å²) in [5.74, 6) is -0.301. The molecule has 5 nitrogen and oxygen atoms in total. The van der Waals surface area contributed by atoms with Crippen LogP contribution >= 0.6 is 0 Å². The van der Waals surface area contributed by atoms with Gasteiger partial charge >= 0.3 is 0 Å². The monoisotopic (exact) mass is 297 g/mol. The van der Waals surface area contributed by atoms with Crippen LogP contribution in [-0.2, 0) is 0 Å². The molecule has 1 fully saturated rings. The van der Waals surface area contributed by atoms with Crippen LogP contribution in [0.2, 0.25) is 0 Å². The number of benzene rings is 1. The van der Waals surface area contributed by atoms with E-state index in [4.69, 9.17) is 0 Å². The molecule has 1 aromatic carbocycles. The Hall–Kier alpha value is -2.43. The van der Waals surface area contributed by atoms with Crippen LogP contribution in [0.15, 0.2) is 36.4 Å². The van der Waals surface area contributed by atoms with Gasteiger partial charge in [-0.15, -0.1) is 0 Å². The number of amides is 1. The number of nitrogens with one attached hydrogen (secondary N) is 1. The Morgan fingerprint density at radius 3 is 2.55 bits per heavy atom. The smallest absolute Gasteiger partial charge is 0.269 e. The fraction of sp³-hybridized carbons (Fsp3) is 0.353. The molecule has 0 aliphatic heterocycles. The minimum Gasteiger partial charge on any atom is -0.348 e. The second-order valence-electron chi connectivity index (χ2n) is 5.75. The lowest BCUT2D eigenvalue weighted by Crippen LogP contribution is -2.29. The average Bonchev–Trinajstić information content (AvgIpc) is 3.21. The highest BCUT2D eigenvalue weighted by atomic mass is 16.2. The van der Waals surface area contributed by atoms with Crippen LogP contribution in [0.3, 0.4) is 0 Å². The fourth-order valence-electron chi connectivity index (χ4n) is 2.39. The van der Waals surface area contributed by atoms with Gasteiger partial charge in [-0.1, -0.05) is 30.3 Å². The van der Waals surface area contributed by atoms with Crippen molar-refractivity contribution in [3.8, 4) is 0 Å². The van der Waals surface area contributed by atoms with E-state index >= 15 is 0 Å². The van der Waals surface area contributed by atoms with E-state index in [9.17, 15) is 9.59 Å². The maximum atomic E-state index is 12.4. The Kier molecular flexibility index (Phi) is 3.79. The molecule has 0 radical (unpaired) electrons. The number of ketones is 1. The molecule has 1 aromatic heterocycles. The third-order valence-electron chi connectivity index (χ3n) is 3.89. The molecule has 114 valence electrons. The van der Waals surface area contributed by atoms with E-state index in [-0.39, 0.29) is 23.8 Å². The van der Waals surface area contributed by atoms with E-state index in [0.717, 1.165) is 18.4 Å². The second kappa shape index (κ2) is 5.75. The number of rotatable bonds is 5. The molecule has 1 unspecified atom stereocenters. The van der Waals surface area contributed by atoms with Gasteiger partial charge in [0.25, 0.3) is 5.91 Å². The first-order chi connectivity index (χ1) is 10.6. The second-order valence-corrected chi connectivity index (χ2v) is 5.75. The Labute approximate surface area is 129 Å². The molecular weight excluding hydrogens is 278 g/mol. The summed E-state index contributed by atoms with van der Waals surface area (Å²) in [6, 6.07) is 11.6. The van der Waals surface area contributed by atoms with E-state index in [0.29, 0.717) is 11.4 Å². The molecule has 1 saturated carbocycles. The van der Waals surface area contributed by atoms with Crippen LogP contribution in [0.1, 0.15) is 59.3 Å². The van der Waals surface area contributed by atoms with Crippen molar-refractivity contribution in [1.29, 1.82) is 0 Å².